The molecule has 0 spiro atoms. The van der Waals surface area contributed by atoms with E-state index in [9.17, 15) is 29.2 Å². The molecule has 0 unspecified atom stereocenters. The van der Waals surface area contributed by atoms with Crippen LogP contribution in [0.1, 0.15) is 26.3 Å². The van der Waals surface area contributed by atoms with Gasteiger partial charge in [0.05, 0.1) is 11.1 Å². The molecule has 1 amide bonds. The first-order chi connectivity index (χ1) is 15.3. The van der Waals surface area contributed by atoms with Crippen molar-refractivity contribution in [3.63, 3.8) is 0 Å². The molecule has 0 saturated carbocycles. The number of rotatable bonds is 10. The molecule has 2 aromatic rings. The van der Waals surface area contributed by atoms with Gasteiger partial charge < -0.3 is 20.6 Å². The second-order valence-corrected chi connectivity index (χ2v) is 10.1. The van der Waals surface area contributed by atoms with Gasteiger partial charge >= 0.3 is 19.5 Å². The van der Waals surface area contributed by atoms with Crippen LogP contribution in [0.25, 0.3) is 0 Å². The lowest BCUT2D eigenvalue weighted by Gasteiger charge is -2.22. The number of amides is 1. The number of nitrogens with one attached hydrogen (secondary N) is 2. The van der Waals surface area contributed by atoms with Crippen molar-refractivity contribution in [2.45, 2.75) is 12.5 Å². The Morgan fingerprint density at radius 1 is 0.938 bits per heavy atom. The standard InChI is InChI=1S/C21H23N4O6P/c26-19(16-6-1-2-7-17(16)20(27)28)22-18(21(29)30)13-14-4-3-5-15(12-14)23-32(31,24-8-9-24)25-10-11-25/h1-7,12,18H,8-11,13H2,(H,22,26)(H,23,31)(H,27,28)(H,29,30)/t18-/m0/s1. The van der Waals surface area contributed by atoms with Crippen molar-refractivity contribution < 1.29 is 29.2 Å². The van der Waals surface area contributed by atoms with Gasteiger partial charge in [0, 0.05) is 38.3 Å². The van der Waals surface area contributed by atoms with Crippen molar-refractivity contribution in [2.75, 3.05) is 31.3 Å². The highest BCUT2D eigenvalue weighted by atomic mass is 31.2. The van der Waals surface area contributed by atoms with Crippen LogP contribution in [-0.4, -0.2) is 69.6 Å². The van der Waals surface area contributed by atoms with Gasteiger partial charge in [-0.1, -0.05) is 24.3 Å². The Hall–Kier alpha value is -3.20. The van der Waals surface area contributed by atoms with Gasteiger partial charge in [-0.05, 0) is 29.8 Å². The molecule has 2 aliphatic heterocycles. The number of carbonyl (C=O) groups is 3. The van der Waals surface area contributed by atoms with Crippen molar-refractivity contribution in [2.24, 2.45) is 0 Å². The highest BCUT2D eigenvalue weighted by Gasteiger charge is 2.48. The number of anilines is 1. The van der Waals surface area contributed by atoms with E-state index < -0.39 is 31.5 Å². The third-order valence-electron chi connectivity index (χ3n) is 5.26. The van der Waals surface area contributed by atoms with E-state index >= 15 is 0 Å². The van der Waals surface area contributed by atoms with Crippen LogP contribution in [-0.2, 0) is 15.8 Å². The van der Waals surface area contributed by atoms with Crippen LogP contribution in [0.15, 0.2) is 48.5 Å². The van der Waals surface area contributed by atoms with Gasteiger partial charge in [0.1, 0.15) is 6.04 Å². The molecule has 0 bridgehead atoms. The van der Waals surface area contributed by atoms with Crippen molar-refractivity contribution in [1.29, 1.82) is 0 Å². The van der Waals surface area contributed by atoms with Crippen LogP contribution < -0.4 is 10.4 Å². The number of nitrogens with zero attached hydrogens (tertiary/aromatic N) is 2. The van der Waals surface area contributed by atoms with Gasteiger partial charge in [0.2, 0.25) is 0 Å². The van der Waals surface area contributed by atoms with Crippen LogP contribution in [0, 0.1) is 0 Å². The molecule has 168 valence electrons. The molecular formula is C21H23N4O6P. The highest BCUT2D eigenvalue weighted by molar-refractivity contribution is 7.61. The van der Waals surface area contributed by atoms with Gasteiger partial charge in [-0.2, -0.15) is 0 Å². The van der Waals surface area contributed by atoms with E-state index in [0.29, 0.717) is 11.3 Å². The van der Waals surface area contributed by atoms with Crippen molar-refractivity contribution >= 4 is 31.1 Å². The first kappa shape index (κ1) is 22.0. The number of hydrogen-bond acceptors (Lipinski definition) is 4. The summed E-state index contributed by atoms with van der Waals surface area (Å²) in [7, 11) is -2.84. The topological polar surface area (TPSA) is 139 Å². The number of aliphatic carboxylic acids is 1. The molecule has 0 radical (unpaired) electrons. The highest BCUT2D eigenvalue weighted by Crippen LogP contribution is 2.59. The fraction of sp³-hybridized carbons (Fsp3) is 0.286. The molecule has 0 aromatic heterocycles. The molecule has 2 aliphatic rings. The summed E-state index contributed by atoms with van der Waals surface area (Å²) in [5.41, 5.74) is 0.912. The zero-order chi connectivity index (χ0) is 22.9. The lowest BCUT2D eigenvalue weighted by atomic mass is 10.0. The average molecular weight is 458 g/mol. The third kappa shape index (κ3) is 4.83. The Bertz CT molecular complexity index is 1100. The SMILES string of the molecule is O=C(O)c1ccccc1C(=O)N[C@@H](Cc1cccc(NP(=O)(N2CC2)N2CC2)c1)C(=O)O. The van der Waals surface area contributed by atoms with Gasteiger partial charge in [-0.15, -0.1) is 0 Å². The van der Waals surface area contributed by atoms with Crippen LogP contribution >= 0.6 is 7.59 Å². The van der Waals surface area contributed by atoms with Crippen molar-refractivity contribution in [3.8, 4) is 0 Å². The minimum absolute atomic E-state index is 0.0242. The molecule has 1 atom stereocenters. The van der Waals surface area contributed by atoms with E-state index in [4.69, 9.17) is 0 Å². The molecule has 2 saturated heterocycles. The first-order valence-electron chi connectivity index (χ1n) is 10.1. The maximum Gasteiger partial charge on any atom is 0.336 e. The van der Waals surface area contributed by atoms with Gasteiger partial charge in [0.15, 0.2) is 0 Å². The maximum absolute atomic E-state index is 13.3. The minimum Gasteiger partial charge on any atom is -0.480 e. The number of carboxylic acids is 2. The summed E-state index contributed by atoms with van der Waals surface area (Å²) >= 11 is 0. The lowest BCUT2D eigenvalue weighted by Crippen LogP contribution is -2.42. The van der Waals surface area contributed by atoms with E-state index in [1.54, 1.807) is 24.3 Å². The van der Waals surface area contributed by atoms with Crippen molar-refractivity contribution in [1.82, 2.24) is 14.7 Å². The molecule has 0 aliphatic carbocycles. The predicted octanol–water partition coefficient (Wildman–Crippen LogP) is 1.96. The third-order valence-corrected chi connectivity index (χ3v) is 8.14. The Balaban J connectivity index is 1.48. The Morgan fingerprint density at radius 3 is 2.12 bits per heavy atom. The van der Waals surface area contributed by atoms with Crippen LogP contribution in [0.2, 0.25) is 0 Å². The second-order valence-electron chi connectivity index (χ2n) is 7.68. The van der Waals surface area contributed by atoms with E-state index in [1.165, 1.54) is 24.3 Å². The fourth-order valence-electron chi connectivity index (χ4n) is 3.43. The molecule has 10 nitrogen and oxygen atoms in total. The van der Waals surface area contributed by atoms with Gasteiger partial charge in [-0.3, -0.25) is 9.36 Å². The average Bonchev–Trinajstić information content (AvgIpc) is 3.65. The minimum atomic E-state index is -2.84. The number of hydrogen-bond donors (Lipinski definition) is 4. The summed E-state index contributed by atoms with van der Waals surface area (Å²) in [5.74, 6) is -3.30. The monoisotopic (exact) mass is 458 g/mol. The number of carboxylic acid groups (broad SMARTS) is 2. The summed E-state index contributed by atoms with van der Waals surface area (Å²) in [6.45, 7) is 3.08. The summed E-state index contributed by atoms with van der Waals surface area (Å²) in [4.78, 5) is 35.7. The fourth-order valence-corrected chi connectivity index (χ4v) is 5.81. The molecule has 2 fully saturated rings. The molecule has 32 heavy (non-hydrogen) atoms. The zero-order valence-electron chi connectivity index (χ0n) is 17.1. The maximum atomic E-state index is 13.3. The van der Waals surface area contributed by atoms with Gasteiger partial charge in [-0.25, -0.2) is 18.9 Å². The normalized spacial score (nSPS) is 16.8. The van der Waals surface area contributed by atoms with E-state index in [-0.39, 0.29) is 17.5 Å². The van der Waals surface area contributed by atoms with Crippen LogP contribution in [0.4, 0.5) is 5.69 Å². The second kappa shape index (κ2) is 8.74. The van der Waals surface area contributed by atoms with Crippen LogP contribution in [0.5, 0.6) is 0 Å². The quantitative estimate of drug-likeness (QED) is 0.311. The van der Waals surface area contributed by atoms with E-state index in [0.717, 1.165) is 26.2 Å². The largest absolute Gasteiger partial charge is 0.480 e. The Labute approximate surface area is 184 Å². The first-order valence-corrected chi connectivity index (χ1v) is 11.7. The van der Waals surface area contributed by atoms with E-state index in [2.05, 4.69) is 10.4 Å². The molecule has 4 rings (SSSR count). The number of benzene rings is 2. The summed E-state index contributed by atoms with van der Waals surface area (Å²) in [5, 5.41) is 24.4. The van der Waals surface area contributed by atoms with Gasteiger partial charge in [0.25, 0.3) is 5.91 Å². The Kier molecular flexibility index (Phi) is 6.01. The molecule has 2 aromatic carbocycles. The molecule has 2 heterocycles. The molecular weight excluding hydrogens is 435 g/mol. The lowest BCUT2D eigenvalue weighted by molar-refractivity contribution is -0.139. The Morgan fingerprint density at radius 2 is 1.56 bits per heavy atom. The summed E-state index contributed by atoms with van der Waals surface area (Å²) < 4.78 is 17.0. The van der Waals surface area contributed by atoms with Crippen molar-refractivity contribution in [3.05, 3.63) is 65.2 Å². The summed E-state index contributed by atoms with van der Waals surface area (Å²) in [6, 6.07) is 11.3. The van der Waals surface area contributed by atoms with E-state index in [1.807, 2.05) is 9.34 Å². The predicted molar refractivity (Wildman–Crippen MR) is 117 cm³/mol. The smallest absolute Gasteiger partial charge is 0.336 e. The number of carbonyl (C=O) groups excluding carboxylic acids is 1. The zero-order valence-corrected chi connectivity index (χ0v) is 18.0. The number of aromatic carboxylic acids is 1. The summed E-state index contributed by atoms with van der Waals surface area (Å²) in [6.07, 6.45) is -0.0242. The molecule has 4 N–H and O–H groups in total. The molecule has 11 heteroatoms. The van der Waals surface area contributed by atoms with Crippen LogP contribution in [0.3, 0.4) is 0 Å².